The summed E-state index contributed by atoms with van der Waals surface area (Å²) in [5.41, 5.74) is 2.48. The van der Waals surface area contributed by atoms with Crippen molar-refractivity contribution in [3.63, 3.8) is 0 Å². The van der Waals surface area contributed by atoms with Gasteiger partial charge < -0.3 is 13.8 Å². The number of rotatable bonds is 4. The number of hydrogen-bond acceptors (Lipinski definition) is 5. The summed E-state index contributed by atoms with van der Waals surface area (Å²) in [6, 6.07) is 11.6. The highest BCUT2D eigenvalue weighted by Crippen LogP contribution is 2.28. The lowest BCUT2D eigenvalue weighted by atomic mass is 10.1. The van der Waals surface area contributed by atoms with Crippen molar-refractivity contribution < 1.29 is 22.1 Å². The Bertz CT molecular complexity index is 964. The van der Waals surface area contributed by atoms with Crippen molar-refractivity contribution in [2.45, 2.75) is 24.2 Å². The molecule has 1 saturated heterocycles. The molecule has 1 fully saturated rings. The molecule has 2 aromatic carbocycles. The summed E-state index contributed by atoms with van der Waals surface area (Å²) >= 11 is 0. The standard InChI is InChI=1S/C20H21NO5S/c22-20(21-10-12-25-13-11-21)18-6-1-2-7-19(18)26-27(23,24)17-9-8-15-4-3-5-16(15)14-17/h1-2,6-9,14H,3-5,10-13H2. The van der Waals surface area contributed by atoms with Crippen LogP contribution >= 0.6 is 0 Å². The molecule has 1 aliphatic carbocycles. The van der Waals surface area contributed by atoms with Crippen LogP contribution in [0.3, 0.4) is 0 Å². The second kappa shape index (κ2) is 7.32. The molecule has 1 aliphatic heterocycles. The van der Waals surface area contributed by atoms with Crippen molar-refractivity contribution >= 4 is 16.0 Å². The van der Waals surface area contributed by atoms with E-state index in [1.807, 2.05) is 6.07 Å². The minimum Gasteiger partial charge on any atom is -0.378 e. The Morgan fingerprint density at radius 2 is 1.74 bits per heavy atom. The maximum absolute atomic E-state index is 12.8. The van der Waals surface area contributed by atoms with Crippen LogP contribution in [-0.2, 0) is 27.7 Å². The van der Waals surface area contributed by atoms with Crippen LogP contribution in [-0.4, -0.2) is 45.5 Å². The predicted octanol–water partition coefficient (Wildman–Crippen LogP) is 2.42. The summed E-state index contributed by atoms with van der Waals surface area (Å²) in [6.45, 7) is 1.90. The van der Waals surface area contributed by atoms with Crippen LogP contribution in [0, 0.1) is 0 Å². The molecule has 6 nitrogen and oxygen atoms in total. The maximum Gasteiger partial charge on any atom is 0.339 e. The third-order valence-electron chi connectivity index (χ3n) is 4.97. The molecule has 4 rings (SSSR count). The highest BCUT2D eigenvalue weighted by atomic mass is 32.2. The first-order chi connectivity index (χ1) is 13.0. The summed E-state index contributed by atoms with van der Waals surface area (Å²) in [6.07, 6.45) is 2.90. The number of benzene rings is 2. The summed E-state index contributed by atoms with van der Waals surface area (Å²) < 4.78 is 36.2. The summed E-state index contributed by atoms with van der Waals surface area (Å²) in [5, 5.41) is 0. The molecule has 142 valence electrons. The monoisotopic (exact) mass is 387 g/mol. The van der Waals surface area contributed by atoms with Crippen LogP contribution in [0.2, 0.25) is 0 Å². The number of carbonyl (C=O) groups is 1. The molecule has 1 heterocycles. The van der Waals surface area contributed by atoms with Gasteiger partial charge >= 0.3 is 10.1 Å². The van der Waals surface area contributed by atoms with E-state index in [2.05, 4.69) is 0 Å². The van der Waals surface area contributed by atoms with Crippen LogP contribution in [0.5, 0.6) is 5.75 Å². The van der Waals surface area contributed by atoms with Gasteiger partial charge in [0.15, 0.2) is 5.75 Å². The number of para-hydroxylation sites is 1. The number of amides is 1. The quantitative estimate of drug-likeness (QED) is 0.754. The Labute approximate surface area is 158 Å². The van der Waals surface area contributed by atoms with Crippen LogP contribution in [0.25, 0.3) is 0 Å². The highest BCUT2D eigenvalue weighted by Gasteiger charge is 2.25. The number of nitrogens with zero attached hydrogens (tertiary/aromatic N) is 1. The van der Waals surface area contributed by atoms with E-state index in [0.29, 0.717) is 26.3 Å². The van der Waals surface area contributed by atoms with Gasteiger partial charge in [0.25, 0.3) is 5.91 Å². The van der Waals surface area contributed by atoms with Crippen molar-refractivity contribution in [3.8, 4) is 5.75 Å². The number of carbonyl (C=O) groups excluding carboxylic acids is 1. The molecule has 0 bridgehead atoms. The molecule has 1 amide bonds. The van der Waals surface area contributed by atoms with Gasteiger partial charge in [0.1, 0.15) is 4.90 Å². The van der Waals surface area contributed by atoms with Gasteiger partial charge in [-0.15, -0.1) is 0 Å². The largest absolute Gasteiger partial charge is 0.378 e. The molecule has 2 aromatic rings. The first-order valence-electron chi connectivity index (χ1n) is 9.07. The second-order valence-electron chi connectivity index (χ2n) is 6.72. The van der Waals surface area contributed by atoms with Crippen molar-refractivity contribution in [2.75, 3.05) is 26.3 Å². The molecular weight excluding hydrogens is 366 g/mol. The van der Waals surface area contributed by atoms with Gasteiger partial charge in [-0.1, -0.05) is 18.2 Å². The first-order valence-corrected chi connectivity index (χ1v) is 10.5. The zero-order chi connectivity index (χ0) is 18.9. The van der Waals surface area contributed by atoms with E-state index in [-0.39, 0.29) is 22.1 Å². The molecule has 0 saturated carbocycles. The third-order valence-corrected chi connectivity index (χ3v) is 6.20. The molecule has 0 unspecified atom stereocenters. The Balaban J connectivity index is 1.61. The summed E-state index contributed by atoms with van der Waals surface area (Å²) in [5.74, 6) is -0.201. The Morgan fingerprint density at radius 3 is 2.56 bits per heavy atom. The van der Waals surface area contributed by atoms with Gasteiger partial charge in [0.05, 0.1) is 18.8 Å². The lowest BCUT2D eigenvalue weighted by molar-refractivity contribution is 0.0302. The molecule has 7 heteroatoms. The lowest BCUT2D eigenvalue weighted by Gasteiger charge is -2.27. The fraction of sp³-hybridized carbons (Fsp3) is 0.350. The van der Waals surface area contributed by atoms with E-state index in [1.165, 1.54) is 11.6 Å². The van der Waals surface area contributed by atoms with E-state index in [9.17, 15) is 13.2 Å². The Morgan fingerprint density at radius 1 is 1.00 bits per heavy atom. The molecule has 2 aliphatic rings. The van der Waals surface area contributed by atoms with Crippen molar-refractivity contribution in [1.82, 2.24) is 4.90 Å². The minimum atomic E-state index is -4.02. The van der Waals surface area contributed by atoms with Crippen molar-refractivity contribution in [2.24, 2.45) is 0 Å². The minimum absolute atomic E-state index is 0.0505. The van der Waals surface area contributed by atoms with Gasteiger partial charge in [-0.25, -0.2) is 0 Å². The van der Waals surface area contributed by atoms with Gasteiger partial charge in [-0.2, -0.15) is 8.42 Å². The molecule has 0 spiro atoms. The van der Waals surface area contributed by atoms with Gasteiger partial charge in [-0.3, -0.25) is 4.79 Å². The fourth-order valence-corrected chi connectivity index (χ4v) is 4.52. The number of ether oxygens (including phenoxy) is 1. The Kier molecular flexibility index (Phi) is 4.88. The number of fused-ring (bicyclic) bond motifs is 1. The normalized spacial score (nSPS) is 16.8. The summed E-state index contributed by atoms with van der Waals surface area (Å²) in [4.78, 5) is 14.6. The predicted molar refractivity (Wildman–Crippen MR) is 99.4 cm³/mol. The SMILES string of the molecule is O=C(c1ccccc1OS(=O)(=O)c1ccc2c(c1)CCC2)N1CCOCC1. The van der Waals surface area contributed by atoms with Crippen LogP contribution in [0.1, 0.15) is 27.9 Å². The molecule has 27 heavy (non-hydrogen) atoms. The van der Waals surface area contributed by atoms with Crippen molar-refractivity contribution in [3.05, 3.63) is 59.2 Å². The van der Waals surface area contributed by atoms with E-state index >= 15 is 0 Å². The van der Waals surface area contributed by atoms with Crippen LogP contribution < -0.4 is 4.18 Å². The number of hydrogen-bond donors (Lipinski definition) is 0. The van der Waals surface area contributed by atoms with E-state index < -0.39 is 10.1 Å². The maximum atomic E-state index is 12.8. The van der Waals surface area contributed by atoms with Gasteiger partial charge in [0.2, 0.25) is 0 Å². The van der Waals surface area contributed by atoms with E-state index in [1.54, 1.807) is 35.2 Å². The lowest BCUT2D eigenvalue weighted by Crippen LogP contribution is -2.40. The fourth-order valence-electron chi connectivity index (χ4n) is 3.52. The second-order valence-corrected chi connectivity index (χ2v) is 8.27. The van der Waals surface area contributed by atoms with Crippen molar-refractivity contribution in [1.29, 1.82) is 0 Å². The van der Waals surface area contributed by atoms with E-state index in [4.69, 9.17) is 8.92 Å². The molecule has 0 atom stereocenters. The number of aryl methyl sites for hydroxylation is 2. The van der Waals surface area contributed by atoms with Gasteiger partial charge in [0, 0.05) is 13.1 Å². The molecular formula is C20H21NO5S. The summed E-state index contributed by atoms with van der Waals surface area (Å²) in [7, 11) is -4.02. The van der Waals surface area contributed by atoms with Gasteiger partial charge in [-0.05, 0) is 54.7 Å². The Hall–Kier alpha value is -2.38. The van der Waals surface area contributed by atoms with E-state index in [0.717, 1.165) is 24.8 Å². The topological polar surface area (TPSA) is 72.9 Å². The highest BCUT2D eigenvalue weighted by molar-refractivity contribution is 7.87. The average molecular weight is 387 g/mol. The molecule has 0 aromatic heterocycles. The molecule has 0 radical (unpaired) electrons. The first kappa shape index (κ1) is 18.0. The van der Waals surface area contributed by atoms with Crippen LogP contribution in [0.4, 0.5) is 0 Å². The molecule has 0 N–H and O–H groups in total. The zero-order valence-electron chi connectivity index (χ0n) is 14.9. The van der Waals surface area contributed by atoms with Crippen LogP contribution in [0.15, 0.2) is 47.4 Å². The number of morpholine rings is 1. The average Bonchev–Trinajstić information content (AvgIpc) is 3.16. The zero-order valence-corrected chi connectivity index (χ0v) is 15.7. The smallest absolute Gasteiger partial charge is 0.339 e. The third kappa shape index (κ3) is 3.70.